The lowest BCUT2D eigenvalue weighted by Gasteiger charge is -2.47. The Kier molecular flexibility index (Phi) is 4.02. The summed E-state index contributed by atoms with van der Waals surface area (Å²) in [6.07, 6.45) is 1.10. The minimum Gasteiger partial charge on any atom is -0.459 e. The summed E-state index contributed by atoms with van der Waals surface area (Å²) in [7, 11) is 0. The Morgan fingerprint density at radius 3 is 2.77 bits per heavy atom. The highest BCUT2D eigenvalue weighted by atomic mass is 32.2. The number of hydrogen-bond acceptors (Lipinski definition) is 6. The molecule has 22 heavy (non-hydrogen) atoms. The van der Waals surface area contributed by atoms with Crippen LogP contribution in [0.25, 0.3) is 0 Å². The second-order valence-corrected chi connectivity index (χ2v) is 6.45. The monoisotopic (exact) mass is 322 g/mol. The lowest BCUT2D eigenvalue weighted by Crippen LogP contribution is -2.61. The van der Waals surface area contributed by atoms with Crippen LogP contribution in [0.5, 0.6) is 0 Å². The fourth-order valence-electron chi connectivity index (χ4n) is 2.57. The van der Waals surface area contributed by atoms with Gasteiger partial charge in [0.05, 0.1) is 16.7 Å². The van der Waals surface area contributed by atoms with Crippen LogP contribution in [0.3, 0.4) is 0 Å². The third-order valence-electron chi connectivity index (χ3n) is 3.79. The summed E-state index contributed by atoms with van der Waals surface area (Å²) in [5, 5.41) is 10.7. The summed E-state index contributed by atoms with van der Waals surface area (Å²) in [4.78, 5) is 35.4. The van der Waals surface area contributed by atoms with Gasteiger partial charge in [-0.2, -0.15) is 0 Å². The van der Waals surface area contributed by atoms with E-state index in [1.54, 1.807) is 28.8 Å². The molecule has 0 bridgehead atoms. The molecule has 1 aromatic rings. The first kappa shape index (κ1) is 14.8. The number of non-ortho nitro benzene ring substituents is 1. The maximum absolute atomic E-state index is 12.1. The predicted octanol–water partition coefficient (Wildman–Crippen LogP) is 1.70. The minimum absolute atomic E-state index is 0.00511. The van der Waals surface area contributed by atoms with Crippen molar-refractivity contribution in [3.63, 3.8) is 0 Å². The molecule has 116 valence electrons. The lowest BCUT2D eigenvalue weighted by molar-refractivity contribution is -0.384. The molecule has 0 spiro atoms. The molecular formula is C14H14N2O5S. The Morgan fingerprint density at radius 2 is 2.14 bits per heavy atom. The number of carbonyl (C=O) groups is 2. The molecule has 3 rings (SSSR count). The van der Waals surface area contributed by atoms with E-state index in [1.807, 2.05) is 0 Å². The molecule has 8 heteroatoms. The first-order chi connectivity index (χ1) is 10.6. The van der Waals surface area contributed by atoms with E-state index in [9.17, 15) is 19.7 Å². The van der Waals surface area contributed by atoms with Crippen molar-refractivity contribution in [1.82, 2.24) is 4.90 Å². The third kappa shape index (κ3) is 2.78. The molecule has 2 fully saturated rings. The Hall–Kier alpha value is -2.09. The second kappa shape index (κ2) is 5.96. The summed E-state index contributed by atoms with van der Waals surface area (Å²) in [5.41, 5.74) is 0.670. The van der Waals surface area contributed by atoms with Gasteiger partial charge < -0.3 is 9.64 Å². The molecule has 0 aliphatic carbocycles. The topological polar surface area (TPSA) is 89.7 Å². The number of β-lactam (4-membered cyclic amide) rings is 1. The summed E-state index contributed by atoms with van der Waals surface area (Å²) in [5.74, 6) is 0.428. The van der Waals surface area contributed by atoms with Gasteiger partial charge in [0.25, 0.3) is 5.69 Å². The lowest BCUT2D eigenvalue weighted by atomic mass is 10.1. The number of hydrogen-bond donors (Lipinski definition) is 0. The van der Waals surface area contributed by atoms with Crippen LogP contribution in [-0.4, -0.2) is 38.9 Å². The highest BCUT2D eigenvalue weighted by Crippen LogP contribution is 2.37. The van der Waals surface area contributed by atoms with E-state index in [4.69, 9.17) is 4.74 Å². The molecular weight excluding hydrogens is 308 g/mol. The summed E-state index contributed by atoms with van der Waals surface area (Å²) < 4.78 is 5.26. The SMILES string of the molecule is O=C(OCc1ccc([N+](=O)[O-])cc1)C1CCS[C@@H]2CC(=O)N12. The van der Waals surface area contributed by atoms with E-state index >= 15 is 0 Å². The van der Waals surface area contributed by atoms with Gasteiger partial charge in [0.2, 0.25) is 5.91 Å². The van der Waals surface area contributed by atoms with Crippen LogP contribution < -0.4 is 0 Å². The summed E-state index contributed by atoms with van der Waals surface area (Å²) >= 11 is 1.69. The van der Waals surface area contributed by atoms with Gasteiger partial charge in [0.15, 0.2) is 0 Å². The quantitative estimate of drug-likeness (QED) is 0.363. The summed E-state index contributed by atoms with van der Waals surface area (Å²) in [6, 6.07) is 5.36. The number of amides is 1. The van der Waals surface area contributed by atoms with Gasteiger partial charge in [-0.15, -0.1) is 11.8 Å². The standard InChI is InChI=1S/C14H14N2O5S/c17-12-7-13-15(12)11(5-6-22-13)14(18)21-8-9-1-3-10(4-2-9)16(19)20/h1-4,11,13H,5-8H2/t11?,13-/m1/s1. The highest BCUT2D eigenvalue weighted by Gasteiger charge is 2.47. The summed E-state index contributed by atoms with van der Waals surface area (Å²) in [6.45, 7) is 0.0488. The molecule has 2 aliphatic heterocycles. The van der Waals surface area contributed by atoms with Crippen molar-refractivity contribution in [2.45, 2.75) is 30.9 Å². The van der Waals surface area contributed by atoms with Crippen molar-refractivity contribution in [1.29, 1.82) is 0 Å². The average Bonchev–Trinajstić information content (AvgIpc) is 2.51. The Bertz CT molecular complexity index is 618. The van der Waals surface area contributed by atoms with E-state index in [0.29, 0.717) is 18.4 Å². The molecule has 2 aliphatic rings. The van der Waals surface area contributed by atoms with Crippen LogP contribution in [0.15, 0.2) is 24.3 Å². The fourth-order valence-corrected chi connectivity index (χ4v) is 3.88. The number of carbonyl (C=O) groups excluding carboxylic acids is 2. The van der Waals surface area contributed by atoms with Crippen LogP contribution in [0.2, 0.25) is 0 Å². The Labute approximate surface area is 130 Å². The third-order valence-corrected chi connectivity index (χ3v) is 5.04. The predicted molar refractivity (Wildman–Crippen MR) is 79.0 cm³/mol. The molecule has 0 radical (unpaired) electrons. The number of thioether (sulfide) groups is 1. The van der Waals surface area contributed by atoms with Gasteiger partial charge in [-0.05, 0) is 29.9 Å². The Balaban J connectivity index is 1.57. The van der Waals surface area contributed by atoms with E-state index in [2.05, 4.69) is 0 Å². The number of nitrogens with zero attached hydrogens (tertiary/aromatic N) is 2. The van der Waals surface area contributed by atoms with Gasteiger partial charge in [-0.3, -0.25) is 14.9 Å². The second-order valence-electron chi connectivity index (χ2n) is 5.17. The van der Waals surface area contributed by atoms with Gasteiger partial charge in [0, 0.05) is 12.1 Å². The number of ether oxygens (including phenoxy) is 1. The molecule has 1 amide bonds. The molecule has 2 heterocycles. The average molecular weight is 322 g/mol. The fraction of sp³-hybridized carbons (Fsp3) is 0.429. The first-order valence-corrected chi connectivity index (χ1v) is 7.94. The van der Waals surface area contributed by atoms with Crippen molar-refractivity contribution in [2.24, 2.45) is 0 Å². The normalized spacial score (nSPS) is 23.5. The Morgan fingerprint density at radius 1 is 1.41 bits per heavy atom. The molecule has 1 unspecified atom stereocenters. The maximum atomic E-state index is 12.1. The molecule has 0 N–H and O–H groups in total. The minimum atomic E-state index is -0.495. The molecule has 0 saturated carbocycles. The number of nitro groups is 1. The highest BCUT2D eigenvalue weighted by molar-refractivity contribution is 8.00. The number of nitro benzene ring substituents is 1. The van der Waals surface area contributed by atoms with Gasteiger partial charge >= 0.3 is 5.97 Å². The zero-order valence-corrected chi connectivity index (χ0v) is 12.5. The smallest absolute Gasteiger partial charge is 0.329 e. The first-order valence-electron chi connectivity index (χ1n) is 6.89. The number of benzene rings is 1. The van der Waals surface area contributed by atoms with Crippen LogP contribution in [0, 0.1) is 10.1 Å². The van der Waals surface area contributed by atoms with E-state index in [1.165, 1.54) is 12.1 Å². The van der Waals surface area contributed by atoms with Crippen LogP contribution in [0.4, 0.5) is 5.69 Å². The molecule has 1 aromatic carbocycles. The van der Waals surface area contributed by atoms with Crippen molar-refractivity contribution < 1.29 is 19.2 Å². The van der Waals surface area contributed by atoms with E-state index in [-0.39, 0.29) is 23.6 Å². The van der Waals surface area contributed by atoms with E-state index < -0.39 is 16.9 Å². The largest absolute Gasteiger partial charge is 0.459 e. The molecule has 2 saturated heterocycles. The zero-order chi connectivity index (χ0) is 15.7. The van der Waals surface area contributed by atoms with Gasteiger partial charge in [-0.25, -0.2) is 4.79 Å². The van der Waals surface area contributed by atoms with Crippen molar-refractivity contribution in [2.75, 3.05) is 5.75 Å². The molecule has 2 atom stereocenters. The number of fused-ring (bicyclic) bond motifs is 1. The van der Waals surface area contributed by atoms with Crippen molar-refractivity contribution in [3.8, 4) is 0 Å². The van der Waals surface area contributed by atoms with E-state index in [0.717, 1.165) is 5.75 Å². The van der Waals surface area contributed by atoms with Gasteiger partial charge in [0.1, 0.15) is 12.6 Å². The van der Waals surface area contributed by atoms with Gasteiger partial charge in [-0.1, -0.05) is 0 Å². The molecule has 0 aromatic heterocycles. The maximum Gasteiger partial charge on any atom is 0.329 e. The zero-order valence-electron chi connectivity index (χ0n) is 11.6. The number of esters is 1. The van der Waals surface area contributed by atoms with Crippen LogP contribution >= 0.6 is 11.8 Å². The van der Waals surface area contributed by atoms with Crippen molar-refractivity contribution in [3.05, 3.63) is 39.9 Å². The number of rotatable bonds is 4. The molecule has 7 nitrogen and oxygen atoms in total. The van der Waals surface area contributed by atoms with Crippen LogP contribution in [-0.2, 0) is 20.9 Å². The van der Waals surface area contributed by atoms with Crippen LogP contribution in [0.1, 0.15) is 18.4 Å². The van der Waals surface area contributed by atoms with Crippen molar-refractivity contribution >= 4 is 29.3 Å².